The maximum absolute atomic E-state index is 12.6. The van der Waals surface area contributed by atoms with E-state index in [1.807, 2.05) is 35.8 Å². The van der Waals surface area contributed by atoms with Gasteiger partial charge in [0.05, 0.1) is 22.0 Å². The third-order valence-corrected chi connectivity index (χ3v) is 7.31. The summed E-state index contributed by atoms with van der Waals surface area (Å²) in [5.74, 6) is -0.0427. The summed E-state index contributed by atoms with van der Waals surface area (Å²) in [7, 11) is -3.70. The molecule has 1 amide bonds. The van der Waals surface area contributed by atoms with Crippen molar-refractivity contribution in [3.8, 4) is 0 Å². The zero-order valence-corrected chi connectivity index (χ0v) is 19.3. The smallest absolute Gasteiger partial charge is 0.326 e. The van der Waals surface area contributed by atoms with Crippen LogP contribution in [0.3, 0.4) is 0 Å². The molecule has 0 aliphatic carbocycles. The first kappa shape index (κ1) is 23.2. The molecule has 10 heteroatoms. The fourth-order valence-electron chi connectivity index (χ4n) is 4.46. The van der Waals surface area contributed by atoms with E-state index in [0.717, 1.165) is 42.5 Å². The summed E-state index contributed by atoms with van der Waals surface area (Å²) in [4.78, 5) is 30.2. The average molecular weight is 472 g/mol. The molecule has 1 saturated heterocycles. The molecular weight excluding hydrogens is 442 g/mol. The van der Waals surface area contributed by atoms with Crippen LogP contribution in [0.5, 0.6) is 0 Å². The van der Waals surface area contributed by atoms with Gasteiger partial charge in [0, 0.05) is 25.7 Å². The molecule has 1 atom stereocenters. The lowest BCUT2D eigenvalue weighted by molar-refractivity contribution is -0.126. The van der Waals surface area contributed by atoms with E-state index in [2.05, 4.69) is 15.2 Å². The van der Waals surface area contributed by atoms with Crippen molar-refractivity contribution in [3.05, 3.63) is 64.6 Å². The van der Waals surface area contributed by atoms with Gasteiger partial charge in [0.1, 0.15) is 0 Å². The molecule has 176 valence electrons. The van der Waals surface area contributed by atoms with Gasteiger partial charge >= 0.3 is 5.69 Å². The number of hydrogen-bond acceptors (Lipinski definition) is 5. The first-order chi connectivity index (χ1) is 15.7. The maximum Gasteiger partial charge on any atom is 0.326 e. The van der Waals surface area contributed by atoms with Crippen molar-refractivity contribution in [1.82, 2.24) is 19.8 Å². The van der Waals surface area contributed by atoms with Gasteiger partial charge in [0.15, 0.2) is 0 Å². The molecule has 0 spiro atoms. The van der Waals surface area contributed by atoms with Crippen molar-refractivity contribution in [2.24, 2.45) is 5.14 Å². The van der Waals surface area contributed by atoms with Crippen LogP contribution in [-0.4, -0.2) is 54.5 Å². The molecule has 2 aromatic carbocycles. The normalized spacial score (nSPS) is 16.7. The highest BCUT2D eigenvalue weighted by molar-refractivity contribution is 7.89. The van der Waals surface area contributed by atoms with Crippen LogP contribution in [0, 0.1) is 0 Å². The third-order valence-electron chi connectivity index (χ3n) is 6.38. The van der Waals surface area contributed by atoms with Gasteiger partial charge < -0.3 is 10.3 Å². The lowest BCUT2D eigenvalue weighted by atomic mass is 10.0. The highest BCUT2D eigenvalue weighted by Gasteiger charge is 2.28. The molecule has 1 fully saturated rings. The zero-order chi connectivity index (χ0) is 23.6. The van der Waals surface area contributed by atoms with Gasteiger partial charge in [-0.2, -0.15) is 0 Å². The number of amides is 1. The zero-order valence-electron chi connectivity index (χ0n) is 18.5. The van der Waals surface area contributed by atoms with Crippen LogP contribution in [0.25, 0.3) is 11.0 Å². The Morgan fingerprint density at radius 2 is 1.82 bits per heavy atom. The minimum Gasteiger partial charge on any atom is -0.354 e. The minimum atomic E-state index is -3.70. The van der Waals surface area contributed by atoms with Crippen LogP contribution in [-0.2, 0) is 21.2 Å². The standard InChI is InChI=1S/C23H29N5O4S/c1-16(22(29)25-13-10-17-6-8-19(9-7-17)33(24,31)32)27-14-11-18(12-15-27)28-21-5-3-2-4-20(21)26-23(28)30/h2-9,16,18H,10-15H2,1H3,(H,25,29)(H,26,30)(H2,24,31,32). The topological polar surface area (TPSA) is 130 Å². The van der Waals surface area contributed by atoms with Crippen LogP contribution in [0.2, 0.25) is 0 Å². The first-order valence-electron chi connectivity index (χ1n) is 11.1. The second-order valence-corrected chi connectivity index (χ2v) is 10.1. The van der Waals surface area contributed by atoms with Crippen molar-refractivity contribution in [1.29, 1.82) is 0 Å². The molecule has 9 nitrogen and oxygen atoms in total. The van der Waals surface area contributed by atoms with Gasteiger partial charge in [-0.15, -0.1) is 0 Å². The summed E-state index contributed by atoms with van der Waals surface area (Å²) >= 11 is 0. The van der Waals surface area contributed by atoms with Gasteiger partial charge in [-0.1, -0.05) is 24.3 Å². The van der Waals surface area contributed by atoms with E-state index in [0.29, 0.717) is 13.0 Å². The monoisotopic (exact) mass is 471 g/mol. The number of nitrogens with one attached hydrogen (secondary N) is 2. The first-order valence-corrected chi connectivity index (χ1v) is 12.6. The quantitative estimate of drug-likeness (QED) is 0.479. The number of rotatable bonds is 7. The lowest BCUT2D eigenvalue weighted by Gasteiger charge is -2.35. The van der Waals surface area contributed by atoms with Crippen molar-refractivity contribution >= 4 is 27.0 Å². The molecular formula is C23H29N5O4S. The Kier molecular flexibility index (Phi) is 6.68. The number of fused-ring (bicyclic) bond motifs is 1. The van der Waals surface area contributed by atoms with Crippen LogP contribution in [0.4, 0.5) is 0 Å². The summed E-state index contributed by atoms with van der Waals surface area (Å²) in [5, 5.41) is 8.07. The van der Waals surface area contributed by atoms with Gasteiger partial charge in [-0.3, -0.25) is 14.3 Å². The molecule has 1 unspecified atom stereocenters. The van der Waals surface area contributed by atoms with Gasteiger partial charge in [-0.05, 0) is 56.0 Å². The molecule has 0 saturated carbocycles. The number of para-hydroxylation sites is 2. The van der Waals surface area contributed by atoms with Crippen LogP contribution >= 0.6 is 0 Å². The van der Waals surface area contributed by atoms with Gasteiger partial charge in [0.25, 0.3) is 0 Å². The molecule has 1 aliphatic heterocycles. The number of nitrogens with zero attached hydrogens (tertiary/aromatic N) is 2. The summed E-state index contributed by atoms with van der Waals surface area (Å²) in [6.07, 6.45) is 2.19. The molecule has 3 aromatic rings. The SMILES string of the molecule is CC(C(=O)NCCc1ccc(S(N)(=O)=O)cc1)N1CCC(n2c(=O)[nH]c3ccccc32)CC1. The molecule has 4 rings (SSSR count). The maximum atomic E-state index is 12.6. The Labute approximate surface area is 192 Å². The van der Waals surface area contributed by atoms with Crippen LogP contribution in [0.15, 0.2) is 58.2 Å². The summed E-state index contributed by atoms with van der Waals surface area (Å²) < 4.78 is 24.5. The van der Waals surface area contributed by atoms with Crippen molar-refractivity contribution in [3.63, 3.8) is 0 Å². The number of carbonyl (C=O) groups is 1. The number of carbonyl (C=O) groups excluding carboxylic acids is 1. The van der Waals surface area contributed by atoms with E-state index in [9.17, 15) is 18.0 Å². The number of aromatic amines is 1. The Hall–Kier alpha value is -2.95. The number of nitrogens with two attached hydrogens (primary N) is 1. The molecule has 1 aromatic heterocycles. The van der Waals surface area contributed by atoms with E-state index in [1.54, 1.807) is 12.1 Å². The summed E-state index contributed by atoms with van der Waals surface area (Å²) in [6.45, 7) is 3.83. The Bertz CT molecular complexity index is 1290. The fraction of sp³-hybridized carbons (Fsp3) is 0.391. The van der Waals surface area contributed by atoms with Crippen molar-refractivity contribution in [2.75, 3.05) is 19.6 Å². The molecule has 0 radical (unpaired) electrons. The Morgan fingerprint density at radius 1 is 1.15 bits per heavy atom. The molecule has 0 bridgehead atoms. The van der Waals surface area contributed by atoms with E-state index in [4.69, 9.17) is 5.14 Å². The Morgan fingerprint density at radius 3 is 2.48 bits per heavy atom. The number of sulfonamides is 1. The number of H-pyrrole nitrogens is 1. The van der Waals surface area contributed by atoms with E-state index >= 15 is 0 Å². The number of piperidine rings is 1. The predicted molar refractivity (Wildman–Crippen MR) is 126 cm³/mol. The second-order valence-electron chi connectivity index (χ2n) is 8.49. The molecule has 33 heavy (non-hydrogen) atoms. The summed E-state index contributed by atoms with van der Waals surface area (Å²) in [6, 6.07) is 13.9. The molecule has 4 N–H and O–H groups in total. The number of benzene rings is 2. The van der Waals surface area contributed by atoms with Crippen molar-refractivity contribution < 1.29 is 13.2 Å². The van der Waals surface area contributed by atoms with E-state index < -0.39 is 10.0 Å². The van der Waals surface area contributed by atoms with Gasteiger partial charge in [-0.25, -0.2) is 18.4 Å². The van der Waals surface area contributed by atoms with E-state index in [-0.39, 0.29) is 28.6 Å². The summed E-state index contributed by atoms with van der Waals surface area (Å²) in [5.41, 5.74) is 2.60. The number of hydrogen-bond donors (Lipinski definition) is 3. The fourth-order valence-corrected chi connectivity index (χ4v) is 4.97. The highest BCUT2D eigenvalue weighted by Crippen LogP contribution is 2.25. The number of primary sulfonamides is 1. The largest absolute Gasteiger partial charge is 0.354 e. The minimum absolute atomic E-state index is 0.0427. The molecule has 2 heterocycles. The number of likely N-dealkylation sites (tertiary alicyclic amines) is 1. The highest BCUT2D eigenvalue weighted by atomic mass is 32.2. The second kappa shape index (κ2) is 9.50. The number of aromatic nitrogens is 2. The van der Waals surface area contributed by atoms with Gasteiger partial charge in [0.2, 0.25) is 15.9 Å². The van der Waals surface area contributed by atoms with Crippen LogP contribution < -0.4 is 16.1 Å². The third kappa shape index (κ3) is 5.18. The average Bonchev–Trinajstić information content (AvgIpc) is 3.14. The van der Waals surface area contributed by atoms with E-state index in [1.165, 1.54) is 12.1 Å². The van der Waals surface area contributed by atoms with Crippen molar-refractivity contribution in [2.45, 2.75) is 43.2 Å². The molecule has 1 aliphatic rings. The number of imidazole rings is 1. The lowest BCUT2D eigenvalue weighted by Crippen LogP contribution is -2.49. The predicted octanol–water partition coefficient (Wildman–Crippen LogP) is 1.36. The Balaban J connectivity index is 1.28. The van der Waals surface area contributed by atoms with Crippen LogP contribution in [0.1, 0.15) is 31.4 Å².